The summed E-state index contributed by atoms with van der Waals surface area (Å²) in [4.78, 5) is 36.6. The smallest absolute Gasteiger partial charge is 0.410 e. The molecule has 3 rings (SSSR count). The van der Waals surface area contributed by atoms with Crippen LogP contribution in [-0.2, 0) is 35.1 Å². The number of esters is 2. The van der Waals surface area contributed by atoms with E-state index in [1.807, 2.05) is 30.3 Å². The molecule has 0 saturated carbocycles. The first-order chi connectivity index (χ1) is 12.5. The number of cyclic esters (lactones) is 1. The summed E-state index contributed by atoms with van der Waals surface area (Å²) in [6, 6.07) is 8.97. The van der Waals surface area contributed by atoms with E-state index in [4.69, 9.17) is 18.9 Å². The molecule has 0 unspecified atom stereocenters. The molecular formula is C18H21NO7. The van der Waals surface area contributed by atoms with Crippen molar-refractivity contribution in [3.8, 4) is 0 Å². The highest BCUT2D eigenvalue weighted by molar-refractivity contribution is 5.72. The highest BCUT2D eigenvalue weighted by atomic mass is 16.6. The van der Waals surface area contributed by atoms with Crippen LogP contribution in [0, 0.1) is 0 Å². The second-order valence-electron chi connectivity index (χ2n) is 6.28. The molecule has 8 heteroatoms. The number of piperidine rings is 1. The second kappa shape index (κ2) is 7.74. The maximum Gasteiger partial charge on any atom is 0.410 e. The Morgan fingerprint density at radius 1 is 1.12 bits per heavy atom. The first-order valence-corrected chi connectivity index (χ1v) is 8.39. The number of nitrogens with zero attached hydrogens (tertiary/aromatic N) is 1. The third kappa shape index (κ3) is 3.96. The molecule has 0 spiro atoms. The van der Waals surface area contributed by atoms with Crippen molar-refractivity contribution in [2.45, 2.75) is 44.8 Å². The van der Waals surface area contributed by atoms with E-state index in [-0.39, 0.29) is 19.8 Å². The summed E-state index contributed by atoms with van der Waals surface area (Å²) < 4.78 is 21.8. The van der Waals surface area contributed by atoms with Gasteiger partial charge in [0.15, 0.2) is 12.2 Å². The van der Waals surface area contributed by atoms with Gasteiger partial charge in [-0.1, -0.05) is 30.3 Å². The lowest BCUT2D eigenvalue weighted by Crippen LogP contribution is -2.63. The Morgan fingerprint density at radius 2 is 1.77 bits per heavy atom. The van der Waals surface area contributed by atoms with E-state index >= 15 is 0 Å². The summed E-state index contributed by atoms with van der Waals surface area (Å²) in [5.41, 5.74) is 0.934. The van der Waals surface area contributed by atoms with Gasteiger partial charge in [-0.2, -0.15) is 0 Å². The minimum atomic E-state index is -0.850. The van der Waals surface area contributed by atoms with Crippen LogP contribution in [0.4, 0.5) is 4.79 Å². The van der Waals surface area contributed by atoms with Crippen molar-refractivity contribution in [2.24, 2.45) is 0 Å². The molecule has 2 aliphatic rings. The number of benzene rings is 1. The average molecular weight is 363 g/mol. The van der Waals surface area contributed by atoms with Crippen molar-refractivity contribution < 1.29 is 33.3 Å². The summed E-state index contributed by atoms with van der Waals surface area (Å²) in [6.07, 6.45) is -2.82. The van der Waals surface area contributed by atoms with E-state index in [0.717, 1.165) is 5.56 Å². The largest absolute Gasteiger partial charge is 0.456 e. The Morgan fingerprint density at radius 3 is 2.42 bits per heavy atom. The van der Waals surface area contributed by atoms with Gasteiger partial charge in [-0.3, -0.25) is 14.5 Å². The molecule has 4 atom stereocenters. The molecule has 1 aromatic rings. The Labute approximate surface area is 150 Å². The van der Waals surface area contributed by atoms with Gasteiger partial charge in [-0.15, -0.1) is 0 Å². The van der Waals surface area contributed by atoms with E-state index in [1.54, 1.807) is 0 Å². The molecule has 0 aromatic heterocycles. The van der Waals surface area contributed by atoms with Gasteiger partial charge < -0.3 is 18.9 Å². The van der Waals surface area contributed by atoms with Gasteiger partial charge in [-0.25, -0.2) is 4.79 Å². The fraction of sp³-hybridized carbons (Fsp3) is 0.500. The van der Waals surface area contributed by atoms with Crippen molar-refractivity contribution in [1.82, 2.24) is 4.90 Å². The molecule has 0 bridgehead atoms. The number of amides is 1. The lowest BCUT2D eigenvalue weighted by atomic mass is 9.94. The first kappa shape index (κ1) is 18.2. The maximum absolute atomic E-state index is 12.0. The zero-order valence-electron chi connectivity index (χ0n) is 14.6. The Hall–Kier alpha value is -2.61. The molecule has 2 saturated heterocycles. The molecule has 1 aromatic carbocycles. The van der Waals surface area contributed by atoms with Gasteiger partial charge in [0.05, 0.1) is 13.2 Å². The summed E-state index contributed by atoms with van der Waals surface area (Å²) in [5, 5.41) is 0. The lowest BCUT2D eigenvalue weighted by molar-refractivity contribution is -0.196. The van der Waals surface area contributed by atoms with E-state index in [9.17, 15) is 14.4 Å². The number of carbonyl (C=O) groups is 3. The normalized spacial score (nSPS) is 27.5. The Kier molecular flexibility index (Phi) is 5.41. The molecule has 0 N–H and O–H groups in total. The topological polar surface area (TPSA) is 91.4 Å². The number of hydrogen-bond donors (Lipinski definition) is 0. The van der Waals surface area contributed by atoms with Gasteiger partial charge in [0.1, 0.15) is 18.8 Å². The van der Waals surface area contributed by atoms with Crippen molar-refractivity contribution in [3.63, 3.8) is 0 Å². The second-order valence-corrected chi connectivity index (χ2v) is 6.28. The summed E-state index contributed by atoms with van der Waals surface area (Å²) >= 11 is 0. The molecule has 0 radical (unpaired) electrons. The molecule has 8 nitrogen and oxygen atoms in total. The van der Waals surface area contributed by atoms with Gasteiger partial charge in [0.2, 0.25) is 0 Å². The number of carbonyl (C=O) groups excluding carboxylic acids is 3. The van der Waals surface area contributed by atoms with Crippen LogP contribution >= 0.6 is 0 Å². The number of ether oxygens (including phenoxy) is 4. The van der Waals surface area contributed by atoms with Gasteiger partial charge in [-0.05, 0) is 5.56 Å². The fourth-order valence-electron chi connectivity index (χ4n) is 3.27. The van der Waals surface area contributed by atoms with E-state index in [2.05, 4.69) is 0 Å². The van der Waals surface area contributed by atoms with Crippen LogP contribution < -0.4 is 0 Å². The third-order valence-corrected chi connectivity index (χ3v) is 4.37. The molecule has 140 valence electrons. The van der Waals surface area contributed by atoms with Gasteiger partial charge in [0, 0.05) is 13.8 Å². The van der Waals surface area contributed by atoms with Crippen LogP contribution in [0.5, 0.6) is 0 Å². The summed E-state index contributed by atoms with van der Waals surface area (Å²) in [7, 11) is 0. The zero-order chi connectivity index (χ0) is 18.7. The summed E-state index contributed by atoms with van der Waals surface area (Å²) in [5.74, 6) is -1.05. The molecule has 0 aliphatic carbocycles. The first-order valence-electron chi connectivity index (χ1n) is 8.39. The fourth-order valence-corrected chi connectivity index (χ4v) is 3.27. The SMILES string of the molecule is CC(=O)O[C@@H]1[C@H](OC(C)=O)[C@H](OCc2ccccc2)CN2C(=O)OC[C@H]12. The summed E-state index contributed by atoms with van der Waals surface area (Å²) in [6.45, 7) is 3.07. The standard InChI is InChI=1S/C18H21NO7/c1-11(20)25-16-14-10-24-18(22)19(14)8-15(17(16)26-12(2)21)23-9-13-6-4-3-5-7-13/h3-7,14-17H,8-10H2,1-2H3/t14-,15-,16+,17-/m1/s1. The number of rotatable bonds is 5. The molecule has 2 fully saturated rings. The molecule has 2 heterocycles. The van der Waals surface area contributed by atoms with Crippen LogP contribution in [0.15, 0.2) is 30.3 Å². The van der Waals surface area contributed by atoms with Gasteiger partial charge in [0.25, 0.3) is 0 Å². The van der Waals surface area contributed by atoms with E-state index in [1.165, 1.54) is 18.7 Å². The third-order valence-electron chi connectivity index (χ3n) is 4.37. The van der Waals surface area contributed by atoms with Crippen molar-refractivity contribution in [1.29, 1.82) is 0 Å². The van der Waals surface area contributed by atoms with E-state index < -0.39 is 42.4 Å². The maximum atomic E-state index is 12.0. The quantitative estimate of drug-likeness (QED) is 0.575. The van der Waals surface area contributed by atoms with Crippen molar-refractivity contribution in [3.05, 3.63) is 35.9 Å². The molecular weight excluding hydrogens is 342 g/mol. The predicted octanol–water partition coefficient (Wildman–Crippen LogP) is 1.27. The Balaban J connectivity index is 1.82. The molecule has 1 amide bonds. The van der Waals surface area contributed by atoms with Crippen LogP contribution in [0.2, 0.25) is 0 Å². The zero-order valence-corrected chi connectivity index (χ0v) is 14.6. The van der Waals surface area contributed by atoms with Gasteiger partial charge >= 0.3 is 18.0 Å². The van der Waals surface area contributed by atoms with Crippen molar-refractivity contribution >= 4 is 18.0 Å². The lowest BCUT2D eigenvalue weighted by Gasteiger charge is -2.42. The van der Waals surface area contributed by atoms with Crippen LogP contribution in [0.25, 0.3) is 0 Å². The minimum absolute atomic E-state index is 0.0694. The highest BCUT2D eigenvalue weighted by Crippen LogP contribution is 2.30. The van der Waals surface area contributed by atoms with Crippen LogP contribution in [0.1, 0.15) is 19.4 Å². The monoisotopic (exact) mass is 363 g/mol. The average Bonchev–Trinajstić information content (AvgIpc) is 2.96. The number of fused-ring (bicyclic) bond motifs is 1. The van der Waals surface area contributed by atoms with Crippen molar-refractivity contribution in [2.75, 3.05) is 13.2 Å². The molecule has 26 heavy (non-hydrogen) atoms. The van der Waals surface area contributed by atoms with Crippen LogP contribution in [0.3, 0.4) is 0 Å². The van der Waals surface area contributed by atoms with Crippen LogP contribution in [-0.4, -0.2) is 60.4 Å². The predicted molar refractivity (Wildman–Crippen MR) is 88.0 cm³/mol. The Bertz CT molecular complexity index is 677. The highest BCUT2D eigenvalue weighted by Gasteiger charge is 2.53. The minimum Gasteiger partial charge on any atom is -0.456 e. The number of hydrogen-bond acceptors (Lipinski definition) is 7. The molecule has 2 aliphatic heterocycles. The van der Waals surface area contributed by atoms with E-state index in [0.29, 0.717) is 0 Å².